The molecular weight excluding hydrogens is 349 g/mol. The number of nitrogen functional groups attached to an aromatic ring is 1. The topological polar surface area (TPSA) is 74.2 Å². The Labute approximate surface area is 149 Å². The summed E-state index contributed by atoms with van der Waals surface area (Å²) in [5, 5.41) is 4.80. The third-order valence-electron chi connectivity index (χ3n) is 3.68. The first-order chi connectivity index (χ1) is 11.5. The fraction of sp³-hybridized carbons (Fsp3) is 0.176. The number of ether oxygens (including phenoxy) is 1. The van der Waals surface area contributed by atoms with Crippen LogP contribution in [0.3, 0.4) is 0 Å². The maximum atomic E-state index is 6.38. The molecule has 0 amide bonds. The monoisotopic (exact) mass is 363 g/mol. The number of aromatic nitrogens is 2. The summed E-state index contributed by atoms with van der Waals surface area (Å²) in [6, 6.07) is 5.44. The van der Waals surface area contributed by atoms with Gasteiger partial charge < -0.3 is 15.0 Å². The average Bonchev–Trinajstić information content (AvgIpc) is 3.08. The van der Waals surface area contributed by atoms with E-state index in [1.165, 1.54) is 6.26 Å². The Hall–Kier alpha value is -2.24. The van der Waals surface area contributed by atoms with E-state index in [1.807, 2.05) is 19.9 Å². The third-order valence-corrected chi connectivity index (χ3v) is 4.51. The summed E-state index contributed by atoms with van der Waals surface area (Å²) in [5.74, 6) is 0.719. The molecule has 2 N–H and O–H groups in total. The normalized spacial score (nSPS) is 12.2. The van der Waals surface area contributed by atoms with Crippen molar-refractivity contribution >= 4 is 29.0 Å². The highest BCUT2D eigenvalue weighted by Gasteiger charge is 2.19. The van der Waals surface area contributed by atoms with Gasteiger partial charge in [-0.1, -0.05) is 34.4 Å². The van der Waals surface area contributed by atoms with E-state index in [0.717, 1.165) is 16.7 Å². The molecular formula is C17H15Cl2N3O2. The first-order valence-corrected chi connectivity index (χ1v) is 7.99. The molecule has 2 aromatic heterocycles. The van der Waals surface area contributed by atoms with Crippen molar-refractivity contribution in [1.82, 2.24) is 10.1 Å². The molecule has 0 aliphatic carbocycles. The number of pyridine rings is 1. The number of rotatable bonds is 4. The van der Waals surface area contributed by atoms with E-state index in [4.69, 9.17) is 38.2 Å². The van der Waals surface area contributed by atoms with Crippen LogP contribution >= 0.6 is 23.2 Å². The van der Waals surface area contributed by atoms with Crippen LogP contribution in [0.5, 0.6) is 5.75 Å². The predicted molar refractivity (Wildman–Crippen MR) is 94.4 cm³/mol. The van der Waals surface area contributed by atoms with Gasteiger partial charge in [-0.15, -0.1) is 0 Å². The largest absolute Gasteiger partial charge is 0.482 e. The molecule has 0 bridgehead atoms. The molecule has 24 heavy (non-hydrogen) atoms. The van der Waals surface area contributed by atoms with Gasteiger partial charge in [-0.3, -0.25) is 0 Å². The van der Waals surface area contributed by atoms with Crippen molar-refractivity contribution in [3.63, 3.8) is 0 Å². The van der Waals surface area contributed by atoms with Gasteiger partial charge in [0.05, 0.1) is 11.2 Å². The molecule has 1 atom stereocenters. The van der Waals surface area contributed by atoms with Gasteiger partial charge in [0.2, 0.25) is 0 Å². The Morgan fingerprint density at radius 2 is 2.00 bits per heavy atom. The van der Waals surface area contributed by atoms with E-state index in [1.54, 1.807) is 24.5 Å². The molecule has 3 rings (SSSR count). The van der Waals surface area contributed by atoms with Crippen LogP contribution < -0.4 is 10.5 Å². The summed E-state index contributed by atoms with van der Waals surface area (Å²) in [7, 11) is 0. The summed E-state index contributed by atoms with van der Waals surface area (Å²) in [6.07, 6.45) is 4.35. The van der Waals surface area contributed by atoms with E-state index in [0.29, 0.717) is 21.4 Å². The Morgan fingerprint density at radius 1 is 1.21 bits per heavy atom. The molecule has 1 unspecified atom stereocenters. The van der Waals surface area contributed by atoms with Crippen molar-refractivity contribution in [3.05, 3.63) is 58.0 Å². The summed E-state index contributed by atoms with van der Waals surface area (Å²) in [5.41, 5.74) is 9.15. The van der Waals surface area contributed by atoms with Gasteiger partial charge >= 0.3 is 0 Å². The number of nitrogens with zero attached hydrogens (tertiary/aromatic N) is 2. The number of benzene rings is 1. The molecule has 7 heteroatoms. The molecule has 0 aliphatic rings. The number of nitrogens with two attached hydrogens (primary N) is 1. The molecule has 0 spiro atoms. The van der Waals surface area contributed by atoms with Crippen molar-refractivity contribution in [1.29, 1.82) is 0 Å². The number of anilines is 1. The Kier molecular flexibility index (Phi) is 4.64. The second-order valence-electron chi connectivity index (χ2n) is 5.37. The Bertz CT molecular complexity index is 867. The number of hydrogen-bond acceptors (Lipinski definition) is 5. The zero-order valence-corrected chi connectivity index (χ0v) is 14.6. The maximum absolute atomic E-state index is 6.38. The van der Waals surface area contributed by atoms with Crippen LogP contribution in [0.4, 0.5) is 5.82 Å². The quantitative estimate of drug-likeness (QED) is 0.699. The lowest BCUT2D eigenvalue weighted by Gasteiger charge is -2.19. The zero-order chi connectivity index (χ0) is 17.3. The van der Waals surface area contributed by atoms with E-state index >= 15 is 0 Å². The molecule has 0 fully saturated rings. The van der Waals surface area contributed by atoms with Gasteiger partial charge in [0.1, 0.15) is 12.4 Å². The Balaban J connectivity index is 1.94. The Morgan fingerprint density at radius 3 is 2.71 bits per heavy atom. The fourth-order valence-electron chi connectivity index (χ4n) is 2.36. The van der Waals surface area contributed by atoms with Crippen LogP contribution in [0, 0.1) is 6.92 Å². The number of halogens is 2. The van der Waals surface area contributed by atoms with E-state index in [2.05, 4.69) is 10.1 Å². The molecule has 2 heterocycles. The number of hydrogen-bond donors (Lipinski definition) is 1. The van der Waals surface area contributed by atoms with Gasteiger partial charge in [0, 0.05) is 27.9 Å². The predicted octanol–water partition coefficient (Wildman–Crippen LogP) is 5.07. The van der Waals surface area contributed by atoms with E-state index in [9.17, 15) is 0 Å². The molecule has 1 aromatic carbocycles. The second kappa shape index (κ2) is 6.71. The van der Waals surface area contributed by atoms with Crippen molar-refractivity contribution in [2.24, 2.45) is 0 Å². The van der Waals surface area contributed by atoms with Crippen molar-refractivity contribution < 1.29 is 9.26 Å². The lowest BCUT2D eigenvalue weighted by Crippen LogP contribution is -2.08. The van der Waals surface area contributed by atoms with Crippen LogP contribution in [-0.2, 0) is 0 Å². The first kappa shape index (κ1) is 16.6. The van der Waals surface area contributed by atoms with Crippen LogP contribution in [-0.4, -0.2) is 10.1 Å². The summed E-state index contributed by atoms with van der Waals surface area (Å²) >= 11 is 12.7. The fourth-order valence-corrected chi connectivity index (χ4v) is 3.03. The van der Waals surface area contributed by atoms with Gasteiger partial charge in [0.15, 0.2) is 11.6 Å². The van der Waals surface area contributed by atoms with Gasteiger partial charge in [-0.05, 0) is 31.5 Å². The number of aryl methyl sites for hydroxylation is 1. The smallest absolute Gasteiger partial charge is 0.166 e. The van der Waals surface area contributed by atoms with E-state index in [-0.39, 0.29) is 5.82 Å². The lowest BCUT2D eigenvalue weighted by atomic mass is 10.1. The standard InChI is InChI=1S/C17H15Cl2N3O2/c1-9-3-4-13(18)15(16(9)19)10(2)24-14-5-11(6-21-17(14)20)12-7-22-23-8-12/h3-8,10H,1-2H3,(H2,20,21). The highest BCUT2D eigenvalue weighted by atomic mass is 35.5. The van der Waals surface area contributed by atoms with E-state index < -0.39 is 6.10 Å². The van der Waals surface area contributed by atoms with Gasteiger partial charge in [0.25, 0.3) is 0 Å². The molecule has 0 saturated carbocycles. The molecule has 3 aromatic rings. The van der Waals surface area contributed by atoms with Crippen molar-refractivity contribution in [2.45, 2.75) is 20.0 Å². The first-order valence-electron chi connectivity index (χ1n) is 7.23. The van der Waals surface area contributed by atoms with Crippen molar-refractivity contribution in [2.75, 3.05) is 5.73 Å². The van der Waals surface area contributed by atoms with Gasteiger partial charge in [-0.2, -0.15) is 0 Å². The maximum Gasteiger partial charge on any atom is 0.166 e. The third kappa shape index (κ3) is 3.18. The second-order valence-corrected chi connectivity index (χ2v) is 6.16. The van der Waals surface area contributed by atoms with Crippen LogP contribution in [0.1, 0.15) is 24.2 Å². The van der Waals surface area contributed by atoms with Gasteiger partial charge in [-0.25, -0.2) is 4.98 Å². The summed E-state index contributed by atoms with van der Waals surface area (Å²) in [6.45, 7) is 3.77. The summed E-state index contributed by atoms with van der Waals surface area (Å²) in [4.78, 5) is 4.16. The highest BCUT2D eigenvalue weighted by Crippen LogP contribution is 2.37. The molecule has 0 aliphatic heterocycles. The minimum absolute atomic E-state index is 0.280. The zero-order valence-electron chi connectivity index (χ0n) is 13.1. The molecule has 0 saturated heterocycles. The average molecular weight is 364 g/mol. The summed E-state index contributed by atoms with van der Waals surface area (Å²) < 4.78 is 10.8. The van der Waals surface area contributed by atoms with Crippen LogP contribution in [0.2, 0.25) is 10.0 Å². The van der Waals surface area contributed by atoms with Crippen LogP contribution in [0.15, 0.2) is 41.4 Å². The minimum atomic E-state index is -0.397. The highest BCUT2D eigenvalue weighted by molar-refractivity contribution is 6.36. The van der Waals surface area contributed by atoms with Crippen LogP contribution in [0.25, 0.3) is 11.1 Å². The molecule has 5 nitrogen and oxygen atoms in total. The molecule has 124 valence electrons. The minimum Gasteiger partial charge on any atom is -0.482 e. The molecule has 0 radical (unpaired) electrons. The SMILES string of the molecule is Cc1ccc(Cl)c(C(C)Oc2cc(-c3cnoc3)cnc2N)c1Cl. The lowest BCUT2D eigenvalue weighted by molar-refractivity contribution is 0.228. The van der Waals surface area contributed by atoms with Crippen molar-refractivity contribution in [3.8, 4) is 16.9 Å².